The van der Waals surface area contributed by atoms with Gasteiger partial charge in [0, 0.05) is 30.5 Å². The van der Waals surface area contributed by atoms with Crippen molar-refractivity contribution in [1.29, 1.82) is 0 Å². The second kappa shape index (κ2) is 8.53. The lowest BCUT2D eigenvalue weighted by Crippen LogP contribution is -2.36. The Morgan fingerprint density at radius 1 is 1.37 bits per heavy atom. The van der Waals surface area contributed by atoms with Gasteiger partial charge in [0.15, 0.2) is 0 Å². The second-order valence-electron chi connectivity index (χ2n) is 6.60. The molecule has 1 aliphatic rings. The smallest absolute Gasteiger partial charge is 0.319 e. The molecule has 0 bridgehead atoms. The van der Waals surface area contributed by atoms with Crippen molar-refractivity contribution in [3.63, 3.8) is 0 Å². The fourth-order valence-electron chi connectivity index (χ4n) is 2.93. The van der Waals surface area contributed by atoms with Crippen LogP contribution >= 0.6 is 0 Å². The topological polar surface area (TPSA) is 83.6 Å². The first-order valence-corrected chi connectivity index (χ1v) is 9.05. The number of nitrogens with one attached hydrogen (secondary N) is 2. The molecule has 3 rings (SSSR count). The highest BCUT2D eigenvalue weighted by atomic mass is 16.5. The summed E-state index contributed by atoms with van der Waals surface area (Å²) in [5.41, 5.74) is 2.43. The van der Waals surface area contributed by atoms with Crippen LogP contribution in [0.25, 0.3) is 0 Å². The van der Waals surface area contributed by atoms with Crippen LogP contribution in [0.4, 0.5) is 16.2 Å². The minimum Gasteiger partial charge on any atom is -0.487 e. The number of carbonyl (C=O) groups is 2. The molecule has 1 aromatic heterocycles. The van der Waals surface area contributed by atoms with Crippen molar-refractivity contribution in [2.75, 3.05) is 23.3 Å². The van der Waals surface area contributed by atoms with E-state index in [9.17, 15) is 9.59 Å². The van der Waals surface area contributed by atoms with Gasteiger partial charge in [-0.1, -0.05) is 6.07 Å². The Hall–Kier alpha value is -3.09. The number of benzene rings is 1. The highest BCUT2D eigenvalue weighted by Crippen LogP contribution is 2.26. The van der Waals surface area contributed by atoms with E-state index in [1.165, 1.54) is 0 Å². The van der Waals surface area contributed by atoms with E-state index in [0.29, 0.717) is 24.4 Å². The van der Waals surface area contributed by atoms with Crippen molar-refractivity contribution in [1.82, 2.24) is 10.3 Å². The van der Waals surface area contributed by atoms with E-state index in [0.717, 1.165) is 24.2 Å². The van der Waals surface area contributed by atoms with Crippen molar-refractivity contribution in [2.45, 2.75) is 32.8 Å². The van der Waals surface area contributed by atoms with E-state index in [4.69, 9.17) is 4.74 Å². The summed E-state index contributed by atoms with van der Waals surface area (Å²) in [5.74, 6) is 0.779. The van der Waals surface area contributed by atoms with E-state index >= 15 is 0 Å². The maximum atomic E-state index is 12.2. The number of ether oxygens (including phenoxy) is 1. The lowest BCUT2D eigenvalue weighted by molar-refractivity contribution is -0.117. The maximum absolute atomic E-state index is 12.2. The number of hydrogen-bond acceptors (Lipinski definition) is 4. The van der Waals surface area contributed by atoms with Gasteiger partial charge in [-0.3, -0.25) is 9.78 Å². The number of aromatic nitrogens is 1. The first kappa shape index (κ1) is 18.7. The summed E-state index contributed by atoms with van der Waals surface area (Å²) < 4.78 is 5.69. The number of urea groups is 1. The molecule has 0 radical (unpaired) electrons. The van der Waals surface area contributed by atoms with Gasteiger partial charge in [0.1, 0.15) is 11.9 Å². The summed E-state index contributed by atoms with van der Waals surface area (Å²) in [6.07, 6.45) is 4.55. The lowest BCUT2D eigenvalue weighted by Gasteiger charge is -2.19. The number of rotatable bonds is 6. The van der Waals surface area contributed by atoms with E-state index in [-0.39, 0.29) is 18.0 Å². The van der Waals surface area contributed by atoms with Crippen LogP contribution in [0.1, 0.15) is 25.3 Å². The third-order valence-corrected chi connectivity index (χ3v) is 4.38. The zero-order valence-electron chi connectivity index (χ0n) is 15.6. The molecule has 0 aliphatic carbocycles. The minimum absolute atomic E-state index is 0.121. The van der Waals surface area contributed by atoms with Crippen molar-refractivity contribution in [2.24, 2.45) is 0 Å². The Bertz CT molecular complexity index is 810. The summed E-state index contributed by atoms with van der Waals surface area (Å²) in [6, 6.07) is 8.95. The predicted molar refractivity (Wildman–Crippen MR) is 104 cm³/mol. The molecule has 2 aromatic rings. The molecule has 1 aliphatic heterocycles. The van der Waals surface area contributed by atoms with Crippen molar-refractivity contribution in [3.8, 4) is 5.75 Å². The Balaban J connectivity index is 1.55. The van der Waals surface area contributed by atoms with Gasteiger partial charge in [-0.05, 0) is 50.1 Å². The monoisotopic (exact) mass is 368 g/mol. The lowest BCUT2D eigenvalue weighted by atomic mass is 10.1. The van der Waals surface area contributed by atoms with Gasteiger partial charge < -0.3 is 20.3 Å². The van der Waals surface area contributed by atoms with Gasteiger partial charge in [-0.15, -0.1) is 0 Å². The molecule has 1 fully saturated rings. The third-order valence-electron chi connectivity index (χ3n) is 4.38. The molecule has 1 saturated heterocycles. The van der Waals surface area contributed by atoms with Crippen LogP contribution in [0, 0.1) is 6.92 Å². The fourth-order valence-corrected chi connectivity index (χ4v) is 2.93. The Morgan fingerprint density at radius 3 is 2.93 bits per heavy atom. The Morgan fingerprint density at radius 2 is 2.22 bits per heavy atom. The standard InChI is InChI=1S/C20H24N4O3/c1-14-7-8-16(24-10-4-6-19(24)25)11-18(14)23-20(26)22-12-15(2)27-17-5-3-9-21-13-17/h3,5,7-9,11,13,15H,4,6,10,12H2,1-2H3,(H2,22,23,26). The first-order valence-electron chi connectivity index (χ1n) is 9.05. The minimum atomic E-state index is -0.315. The van der Waals surface area contributed by atoms with Crippen molar-refractivity contribution < 1.29 is 14.3 Å². The first-order chi connectivity index (χ1) is 13.0. The number of pyridine rings is 1. The molecule has 27 heavy (non-hydrogen) atoms. The highest BCUT2D eigenvalue weighted by molar-refractivity contribution is 5.97. The van der Waals surface area contributed by atoms with E-state index < -0.39 is 0 Å². The Labute approximate surface area is 158 Å². The van der Waals surface area contributed by atoms with Gasteiger partial charge in [0.25, 0.3) is 0 Å². The average Bonchev–Trinajstić information content (AvgIpc) is 3.09. The van der Waals surface area contributed by atoms with Gasteiger partial charge in [0.05, 0.1) is 12.7 Å². The number of anilines is 2. The third kappa shape index (κ3) is 4.97. The molecule has 2 heterocycles. The average molecular weight is 368 g/mol. The number of amides is 3. The van der Waals surface area contributed by atoms with Crippen LogP contribution in [0.2, 0.25) is 0 Å². The van der Waals surface area contributed by atoms with Crippen LogP contribution in [0.15, 0.2) is 42.7 Å². The number of hydrogen-bond donors (Lipinski definition) is 2. The summed E-state index contributed by atoms with van der Waals surface area (Å²) in [7, 11) is 0. The SMILES string of the molecule is Cc1ccc(N2CCCC2=O)cc1NC(=O)NCC(C)Oc1cccnc1. The molecular formula is C20H24N4O3. The molecule has 1 aromatic carbocycles. The van der Waals surface area contributed by atoms with Crippen LogP contribution in [0.3, 0.4) is 0 Å². The highest BCUT2D eigenvalue weighted by Gasteiger charge is 2.22. The molecule has 142 valence electrons. The molecule has 7 nitrogen and oxygen atoms in total. The largest absolute Gasteiger partial charge is 0.487 e. The normalized spacial score (nSPS) is 14.7. The van der Waals surface area contributed by atoms with E-state index in [2.05, 4.69) is 15.6 Å². The molecule has 0 saturated carbocycles. The molecule has 1 atom stereocenters. The molecule has 2 N–H and O–H groups in total. The molecular weight excluding hydrogens is 344 g/mol. The molecule has 0 spiro atoms. The van der Waals surface area contributed by atoms with E-state index in [1.807, 2.05) is 38.1 Å². The van der Waals surface area contributed by atoms with E-state index in [1.54, 1.807) is 23.4 Å². The van der Waals surface area contributed by atoms with Crippen LogP contribution < -0.4 is 20.3 Å². The zero-order valence-corrected chi connectivity index (χ0v) is 15.6. The molecule has 7 heteroatoms. The van der Waals surface area contributed by atoms with Gasteiger partial charge >= 0.3 is 6.03 Å². The zero-order chi connectivity index (χ0) is 19.2. The Kier molecular flexibility index (Phi) is 5.90. The second-order valence-corrected chi connectivity index (χ2v) is 6.60. The molecule has 3 amide bonds. The van der Waals surface area contributed by atoms with Gasteiger partial charge in [0.2, 0.25) is 5.91 Å². The van der Waals surface area contributed by atoms with Crippen molar-refractivity contribution in [3.05, 3.63) is 48.3 Å². The van der Waals surface area contributed by atoms with Crippen LogP contribution in [-0.2, 0) is 4.79 Å². The quantitative estimate of drug-likeness (QED) is 0.821. The summed E-state index contributed by atoms with van der Waals surface area (Å²) >= 11 is 0. The maximum Gasteiger partial charge on any atom is 0.319 e. The van der Waals surface area contributed by atoms with Crippen LogP contribution in [-0.4, -0.2) is 36.1 Å². The fraction of sp³-hybridized carbons (Fsp3) is 0.350. The summed E-state index contributed by atoms with van der Waals surface area (Å²) in [5, 5.41) is 5.65. The molecule has 1 unspecified atom stereocenters. The predicted octanol–water partition coefficient (Wildman–Crippen LogP) is 3.11. The number of nitrogens with zero attached hydrogens (tertiary/aromatic N) is 2. The van der Waals surface area contributed by atoms with Crippen molar-refractivity contribution >= 4 is 23.3 Å². The summed E-state index contributed by atoms with van der Waals surface area (Å²) in [6.45, 7) is 4.86. The van der Waals surface area contributed by atoms with Gasteiger partial charge in [-0.2, -0.15) is 0 Å². The van der Waals surface area contributed by atoms with Crippen LogP contribution in [0.5, 0.6) is 5.75 Å². The number of carbonyl (C=O) groups excluding carboxylic acids is 2. The van der Waals surface area contributed by atoms with Gasteiger partial charge in [-0.25, -0.2) is 4.79 Å². The number of aryl methyl sites for hydroxylation is 1. The summed E-state index contributed by atoms with van der Waals surface area (Å²) in [4.78, 5) is 29.9.